The van der Waals surface area contributed by atoms with Gasteiger partial charge in [0.05, 0.1) is 0 Å². The van der Waals surface area contributed by atoms with E-state index in [9.17, 15) is 0 Å². The first kappa shape index (κ1) is 47.8. The first-order valence-corrected chi connectivity index (χ1v) is 22.1. The molecule has 0 amide bonds. The van der Waals surface area contributed by atoms with Gasteiger partial charge in [-0.2, -0.15) is 0 Å². The van der Waals surface area contributed by atoms with Gasteiger partial charge in [0.1, 0.15) is 0 Å². The van der Waals surface area contributed by atoms with Crippen LogP contribution in [-0.2, 0) is 16.5 Å². The van der Waals surface area contributed by atoms with Gasteiger partial charge in [0.25, 0.3) is 0 Å². The summed E-state index contributed by atoms with van der Waals surface area (Å²) < 4.78 is 0. The molecule has 0 saturated heterocycles. The van der Waals surface area contributed by atoms with E-state index in [-0.39, 0.29) is 16.5 Å². The van der Waals surface area contributed by atoms with E-state index >= 15 is 0 Å². The first-order chi connectivity index (χ1) is 31.4. The molecule has 8 rings (SSSR count). The van der Waals surface area contributed by atoms with Gasteiger partial charge in [0.2, 0.25) is 0 Å². The Balaban J connectivity index is 0.000000212. The van der Waals surface area contributed by atoms with E-state index < -0.39 is 0 Å². The third kappa shape index (κ3) is 14.7. The van der Waals surface area contributed by atoms with E-state index in [0.717, 1.165) is 86.4 Å². The van der Waals surface area contributed by atoms with Crippen molar-refractivity contribution in [1.82, 2.24) is 0 Å². The molecule has 8 aromatic rings. The predicted molar refractivity (Wildman–Crippen MR) is 285 cm³/mol. The van der Waals surface area contributed by atoms with Crippen LogP contribution < -0.4 is 0 Å². The Hall–Kier alpha value is -6.63. The van der Waals surface area contributed by atoms with Crippen LogP contribution in [-0.4, -0.2) is 0 Å². The molecule has 0 atom stereocenters. The molecule has 65 heavy (non-hydrogen) atoms. The fourth-order valence-corrected chi connectivity index (χ4v) is 7.17. The smallest absolute Gasteiger partial charge is 0.0253 e. The average Bonchev–Trinajstić information content (AvgIpc) is 3.37. The summed E-state index contributed by atoms with van der Waals surface area (Å²) in [4.78, 5) is 3.27. The molecule has 0 aliphatic heterocycles. The average molecular weight is 948 g/mol. The third-order valence-electron chi connectivity index (χ3n) is 9.58. The standard InChI is InChI=1S/2C30H20S2.Ni/c2*31-29(27-19-15-25(16-20-27)13-11-23-7-3-1-4-8-23)30(32)28-21-17-26(18-22-28)14-12-24-9-5-2-6-10-24;/h2*1-10,15-22,31-32H;. The zero-order chi connectivity index (χ0) is 44.4. The molecule has 0 aromatic heterocycles. The number of thiol groups is 4. The van der Waals surface area contributed by atoms with Gasteiger partial charge < -0.3 is 0 Å². The predicted octanol–water partition coefficient (Wildman–Crippen LogP) is 14.3. The van der Waals surface area contributed by atoms with E-state index in [0.29, 0.717) is 0 Å². The van der Waals surface area contributed by atoms with Gasteiger partial charge in [-0.25, -0.2) is 0 Å². The Morgan fingerprint density at radius 2 is 0.338 bits per heavy atom. The monoisotopic (exact) mass is 946 g/mol. The minimum Gasteiger partial charge on any atom is -0.142 e. The molecule has 0 aliphatic carbocycles. The van der Waals surface area contributed by atoms with E-state index in [1.54, 1.807) is 0 Å². The van der Waals surface area contributed by atoms with Gasteiger partial charge >= 0.3 is 0 Å². The van der Waals surface area contributed by atoms with Gasteiger partial charge in [0, 0.05) is 80.6 Å². The van der Waals surface area contributed by atoms with Crippen molar-refractivity contribution in [3.8, 4) is 47.4 Å². The maximum Gasteiger partial charge on any atom is 0.0253 e. The van der Waals surface area contributed by atoms with E-state index in [2.05, 4.69) is 47.4 Å². The zero-order valence-electron chi connectivity index (χ0n) is 34.9. The summed E-state index contributed by atoms with van der Waals surface area (Å²) in [5.41, 5.74) is 11.8. The van der Waals surface area contributed by atoms with Crippen molar-refractivity contribution in [2.24, 2.45) is 0 Å². The van der Waals surface area contributed by atoms with Gasteiger partial charge in [0.15, 0.2) is 0 Å². The van der Waals surface area contributed by atoms with Crippen LogP contribution in [0.1, 0.15) is 66.8 Å². The Morgan fingerprint density at radius 1 is 0.200 bits per heavy atom. The van der Waals surface area contributed by atoms with E-state index in [4.69, 9.17) is 50.5 Å². The van der Waals surface area contributed by atoms with Crippen molar-refractivity contribution in [1.29, 1.82) is 0 Å². The largest absolute Gasteiger partial charge is 0.142 e. The third-order valence-corrected chi connectivity index (χ3v) is 11.9. The van der Waals surface area contributed by atoms with Gasteiger partial charge in [-0.1, -0.05) is 169 Å². The van der Waals surface area contributed by atoms with Crippen LogP contribution in [0.4, 0.5) is 0 Å². The van der Waals surface area contributed by atoms with Gasteiger partial charge in [-0.15, -0.1) is 50.5 Å². The zero-order valence-corrected chi connectivity index (χ0v) is 39.5. The second kappa shape index (κ2) is 25.0. The van der Waals surface area contributed by atoms with Crippen molar-refractivity contribution < 1.29 is 16.5 Å². The molecule has 0 aliphatic rings. The molecule has 0 spiro atoms. The van der Waals surface area contributed by atoms with Gasteiger partial charge in [-0.3, -0.25) is 0 Å². The normalized spacial score (nSPS) is 10.6. The number of hydrogen-bond donors (Lipinski definition) is 4. The molecule has 0 nitrogen and oxygen atoms in total. The minimum atomic E-state index is 0. The minimum absolute atomic E-state index is 0. The molecule has 0 saturated carbocycles. The van der Waals surface area contributed by atoms with Crippen molar-refractivity contribution in [2.45, 2.75) is 0 Å². The summed E-state index contributed by atoms with van der Waals surface area (Å²) >= 11 is 18.9. The fraction of sp³-hybridized carbons (Fsp3) is 0. The molecular formula is C60H40NiS4. The molecule has 314 valence electrons. The SMILES string of the molecule is SC(=C(S)c1ccc(C#Cc2ccccc2)cc1)c1ccc(C#Cc2ccccc2)cc1.SC(=C(S)c1ccc(C#Cc2ccccc2)cc1)c1ccc(C#Cc2ccccc2)cc1.[Ni]. The van der Waals surface area contributed by atoms with Crippen molar-refractivity contribution in [3.63, 3.8) is 0 Å². The van der Waals surface area contributed by atoms with E-state index in [1.807, 2.05) is 218 Å². The van der Waals surface area contributed by atoms with Crippen molar-refractivity contribution in [2.75, 3.05) is 0 Å². The Morgan fingerprint density at radius 3 is 0.492 bits per heavy atom. The van der Waals surface area contributed by atoms with E-state index in [1.165, 1.54) is 0 Å². The first-order valence-electron chi connectivity index (χ1n) is 20.3. The Labute approximate surface area is 416 Å². The molecule has 0 N–H and O–H groups in total. The van der Waals surface area contributed by atoms with Crippen LogP contribution >= 0.6 is 50.5 Å². The summed E-state index contributed by atoms with van der Waals surface area (Å²) in [6.07, 6.45) is 0. The van der Waals surface area contributed by atoms with Crippen LogP contribution in [0.5, 0.6) is 0 Å². The Kier molecular flexibility index (Phi) is 18.4. The van der Waals surface area contributed by atoms with Gasteiger partial charge in [-0.05, 0) is 119 Å². The number of rotatable bonds is 4. The topological polar surface area (TPSA) is 0 Å². The molecule has 0 unspecified atom stereocenters. The Bertz CT molecular complexity index is 2690. The maximum absolute atomic E-state index is 4.72. The van der Waals surface area contributed by atoms with Crippen LogP contribution in [0.15, 0.2) is 218 Å². The molecular weight excluding hydrogens is 908 g/mol. The summed E-state index contributed by atoms with van der Waals surface area (Å²) in [7, 11) is 0. The molecule has 0 fully saturated rings. The maximum atomic E-state index is 4.72. The molecule has 5 heteroatoms. The summed E-state index contributed by atoms with van der Waals surface area (Å²) in [6.45, 7) is 0. The molecule has 0 heterocycles. The summed E-state index contributed by atoms with van der Waals surface area (Å²) in [6, 6.07) is 72.1. The number of benzene rings is 8. The quantitative estimate of drug-likeness (QED) is 0.0575. The second-order valence-electron chi connectivity index (χ2n) is 14.2. The molecule has 0 radical (unpaired) electrons. The van der Waals surface area contributed by atoms with Crippen LogP contribution in [0.25, 0.3) is 19.6 Å². The van der Waals surface area contributed by atoms with Crippen molar-refractivity contribution >= 4 is 70.1 Å². The molecule has 8 aromatic carbocycles. The second-order valence-corrected chi connectivity index (χ2v) is 16.0. The number of hydrogen-bond acceptors (Lipinski definition) is 4. The van der Waals surface area contributed by atoms with Crippen molar-refractivity contribution in [3.05, 3.63) is 285 Å². The summed E-state index contributed by atoms with van der Waals surface area (Å²) in [5.74, 6) is 25.5. The summed E-state index contributed by atoms with van der Waals surface area (Å²) in [5, 5.41) is 0. The van der Waals surface area contributed by atoms with Crippen LogP contribution in [0.2, 0.25) is 0 Å². The van der Waals surface area contributed by atoms with Crippen LogP contribution in [0.3, 0.4) is 0 Å². The molecule has 0 bridgehead atoms. The van der Waals surface area contributed by atoms with Crippen LogP contribution in [0, 0.1) is 47.4 Å². The fourth-order valence-electron chi connectivity index (χ4n) is 6.06.